The quantitative estimate of drug-likeness (QED) is 0.831. The Balaban J connectivity index is 1.78. The van der Waals surface area contributed by atoms with Crippen molar-refractivity contribution in [2.24, 2.45) is 0 Å². The highest BCUT2D eigenvalue weighted by molar-refractivity contribution is 6.02. The molecule has 2 amide bonds. The largest absolute Gasteiger partial charge is 0.508 e. The highest BCUT2D eigenvalue weighted by atomic mass is 16.3. The van der Waals surface area contributed by atoms with Gasteiger partial charge in [0, 0.05) is 17.8 Å². The molecule has 0 spiro atoms. The molecule has 2 aromatic rings. The van der Waals surface area contributed by atoms with Gasteiger partial charge in [-0.25, -0.2) is 0 Å². The lowest BCUT2D eigenvalue weighted by atomic mass is 9.98. The number of carbonyl (C=O) groups excluding carboxylic acids is 2. The Morgan fingerprint density at radius 1 is 1.27 bits per heavy atom. The van der Waals surface area contributed by atoms with E-state index in [0.717, 1.165) is 29.7 Å². The Labute approximate surface area is 153 Å². The second-order valence-electron chi connectivity index (χ2n) is 6.43. The summed E-state index contributed by atoms with van der Waals surface area (Å²) in [5.74, 6) is -0.138. The molecular formula is C21H22N2O3. The van der Waals surface area contributed by atoms with Crippen molar-refractivity contribution < 1.29 is 14.7 Å². The molecule has 1 unspecified atom stereocenters. The average Bonchev–Trinajstić information content (AvgIpc) is 2.66. The van der Waals surface area contributed by atoms with E-state index in [9.17, 15) is 14.7 Å². The molecule has 0 fully saturated rings. The third-order valence-electron chi connectivity index (χ3n) is 4.62. The van der Waals surface area contributed by atoms with Gasteiger partial charge in [-0.3, -0.25) is 9.59 Å². The number of fused-ring (bicyclic) bond motifs is 1. The number of aryl methyl sites for hydroxylation is 1. The number of aromatic hydroxyl groups is 1. The second kappa shape index (κ2) is 7.44. The van der Waals surface area contributed by atoms with Crippen LogP contribution in [-0.4, -0.2) is 23.5 Å². The van der Waals surface area contributed by atoms with Crippen LogP contribution in [0.15, 0.2) is 55.1 Å². The smallest absolute Gasteiger partial charge is 0.251 e. The predicted octanol–water partition coefficient (Wildman–Crippen LogP) is 3.35. The molecule has 1 aliphatic rings. The summed E-state index contributed by atoms with van der Waals surface area (Å²) in [6.45, 7) is 6.08. The van der Waals surface area contributed by atoms with E-state index in [-0.39, 0.29) is 23.6 Å². The zero-order chi connectivity index (χ0) is 18.7. The van der Waals surface area contributed by atoms with Gasteiger partial charge < -0.3 is 15.3 Å². The molecule has 1 aliphatic heterocycles. The van der Waals surface area contributed by atoms with E-state index in [1.807, 2.05) is 25.1 Å². The van der Waals surface area contributed by atoms with Gasteiger partial charge in [0.1, 0.15) is 5.75 Å². The minimum absolute atomic E-state index is 0.124. The monoisotopic (exact) mass is 350 g/mol. The van der Waals surface area contributed by atoms with Crippen molar-refractivity contribution >= 4 is 17.5 Å². The molecule has 0 radical (unpaired) electrons. The third kappa shape index (κ3) is 3.61. The van der Waals surface area contributed by atoms with Gasteiger partial charge in [-0.2, -0.15) is 0 Å². The fourth-order valence-corrected chi connectivity index (χ4v) is 3.23. The fourth-order valence-electron chi connectivity index (χ4n) is 3.23. The Hall–Kier alpha value is -3.08. The number of amides is 2. The zero-order valence-electron chi connectivity index (χ0n) is 14.7. The number of anilines is 1. The normalized spacial score (nSPS) is 14.3. The van der Waals surface area contributed by atoms with Crippen LogP contribution in [0.1, 0.15) is 40.9 Å². The van der Waals surface area contributed by atoms with Gasteiger partial charge in [0.25, 0.3) is 5.91 Å². The minimum Gasteiger partial charge on any atom is -0.508 e. The number of phenols is 1. The second-order valence-corrected chi connectivity index (χ2v) is 6.43. The molecule has 2 N–H and O–H groups in total. The van der Waals surface area contributed by atoms with E-state index < -0.39 is 0 Å². The van der Waals surface area contributed by atoms with Crippen LogP contribution in [0, 0.1) is 0 Å². The van der Waals surface area contributed by atoms with Crippen molar-refractivity contribution in [1.82, 2.24) is 5.32 Å². The van der Waals surface area contributed by atoms with Gasteiger partial charge in [0.2, 0.25) is 5.91 Å². The molecule has 1 heterocycles. The number of hydrogen-bond acceptors (Lipinski definition) is 3. The first-order chi connectivity index (χ1) is 12.5. The Kier molecular flexibility index (Phi) is 5.07. The number of carbonyl (C=O) groups is 2. The van der Waals surface area contributed by atoms with Gasteiger partial charge in [-0.05, 0) is 67.3 Å². The molecule has 0 aromatic heterocycles. The van der Waals surface area contributed by atoms with Crippen molar-refractivity contribution in [3.63, 3.8) is 0 Å². The first kappa shape index (κ1) is 17.7. The fraction of sp³-hybridized carbons (Fsp3) is 0.238. The number of nitrogens with zero attached hydrogens (tertiary/aromatic N) is 1. The van der Waals surface area contributed by atoms with E-state index in [0.29, 0.717) is 12.1 Å². The summed E-state index contributed by atoms with van der Waals surface area (Å²) in [6.07, 6.45) is 3.00. The maximum absolute atomic E-state index is 12.6. The Morgan fingerprint density at radius 3 is 2.81 bits per heavy atom. The van der Waals surface area contributed by atoms with Gasteiger partial charge in [-0.15, -0.1) is 0 Å². The highest BCUT2D eigenvalue weighted by Gasteiger charge is 2.22. The summed E-state index contributed by atoms with van der Waals surface area (Å²) < 4.78 is 0. The van der Waals surface area contributed by atoms with Gasteiger partial charge >= 0.3 is 0 Å². The maximum Gasteiger partial charge on any atom is 0.251 e. The first-order valence-electron chi connectivity index (χ1n) is 8.66. The highest BCUT2D eigenvalue weighted by Crippen LogP contribution is 2.28. The summed E-state index contributed by atoms with van der Waals surface area (Å²) in [5, 5.41) is 12.5. The van der Waals surface area contributed by atoms with E-state index in [1.54, 1.807) is 29.2 Å². The Morgan fingerprint density at radius 2 is 2.08 bits per heavy atom. The van der Waals surface area contributed by atoms with Crippen LogP contribution in [0.25, 0.3) is 0 Å². The molecule has 0 aliphatic carbocycles. The first-order valence-corrected chi connectivity index (χ1v) is 8.66. The molecule has 5 nitrogen and oxygen atoms in total. The maximum atomic E-state index is 12.6. The van der Waals surface area contributed by atoms with Crippen LogP contribution >= 0.6 is 0 Å². The molecule has 3 rings (SSSR count). The Bertz CT molecular complexity index is 860. The molecule has 1 atom stereocenters. The third-order valence-corrected chi connectivity index (χ3v) is 4.62. The summed E-state index contributed by atoms with van der Waals surface area (Å²) in [6, 6.07) is 12.0. The van der Waals surface area contributed by atoms with Crippen LogP contribution < -0.4 is 10.2 Å². The lowest BCUT2D eigenvalue weighted by molar-refractivity contribution is -0.114. The lowest BCUT2D eigenvalue weighted by Gasteiger charge is -2.29. The van der Waals surface area contributed by atoms with Gasteiger partial charge in [0.15, 0.2) is 0 Å². The predicted molar refractivity (Wildman–Crippen MR) is 101 cm³/mol. The van der Waals surface area contributed by atoms with E-state index in [4.69, 9.17) is 0 Å². The standard InChI is InChI=1S/C21H22N2O3/c1-3-20(25)23-11-5-7-16-12-17(9-10-19(16)23)21(26)22-14(2)15-6-4-8-18(24)13-15/h3-4,6,8-10,12-14,24H,1,5,7,11H2,2H3,(H,22,26). The molecule has 5 heteroatoms. The molecule has 134 valence electrons. The summed E-state index contributed by atoms with van der Waals surface area (Å²) in [4.78, 5) is 26.3. The van der Waals surface area contributed by atoms with Crippen LogP contribution in [0.2, 0.25) is 0 Å². The summed E-state index contributed by atoms with van der Waals surface area (Å²) in [5.41, 5.74) is 3.23. The number of hydrogen-bond donors (Lipinski definition) is 2. The number of benzene rings is 2. The molecule has 26 heavy (non-hydrogen) atoms. The van der Waals surface area contributed by atoms with E-state index >= 15 is 0 Å². The van der Waals surface area contributed by atoms with E-state index in [2.05, 4.69) is 11.9 Å². The number of rotatable bonds is 4. The van der Waals surface area contributed by atoms with Crippen LogP contribution in [-0.2, 0) is 11.2 Å². The van der Waals surface area contributed by atoms with Crippen molar-refractivity contribution in [2.75, 3.05) is 11.4 Å². The van der Waals surface area contributed by atoms with Crippen LogP contribution in [0.4, 0.5) is 5.69 Å². The molecule has 0 saturated carbocycles. The van der Waals surface area contributed by atoms with Crippen molar-refractivity contribution in [2.45, 2.75) is 25.8 Å². The SMILES string of the molecule is C=CC(=O)N1CCCc2cc(C(=O)NC(C)c3cccc(O)c3)ccc21. The summed E-state index contributed by atoms with van der Waals surface area (Å²) >= 11 is 0. The molecule has 0 saturated heterocycles. The average molecular weight is 350 g/mol. The van der Waals surface area contributed by atoms with E-state index in [1.165, 1.54) is 6.08 Å². The summed E-state index contributed by atoms with van der Waals surface area (Å²) in [7, 11) is 0. The van der Waals surface area contributed by atoms with Gasteiger partial charge in [0.05, 0.1) is 6.04 Å². The molecular weight excluding hydrogens is 328 g/mol. The van der Waals surface area contributed by atoms with Crippen molar-refractivity contribution in [1.29, 1.82) is 0 Å². The lowest BCUT2D eigenvalue weighted by Crippen LogP contribution is -2.34. The topological polar surface area (TPSA) is 69.6 Å². The van der Waals surface area contributed by atoms with Crippen LogP contribution in [0.5, 0.6) is 5.75 Å². The minimum atomic E-state index is -0.232. The van der Waals surface area contributed by atoms with Crippen molar-refractivity contribution in [3.05, 3.63) is 71.8 Å². The zero-order valence-corrected chi connectivity index (χ0v) is 14.7. The number of phenolic OH excluding ortho intramolecular Hbond substituents is 1. The molecule has 0 bridgehead atoms. The van der Waals surface area contributed by atoms with Crippen LogP contribution in [0.3, 0.4) is 0 Å². The van der Waals surface area contributed by atoms with Crippen molar-refractivity contribution in [3.8, 4) is 5.75 Å². The van der Waals surface area contributed by atoms with Gasteiger partial charge in [-0.1, -0.05) is 18.7 Å². The number of nitrogens with one attached hydrogen (secondary N) is 1. The molecule has 2 aromatic carbocycles.